The van der Waals surface area contributed by atoms with Crippen LogP contribution >= 0.6 is 0 Å². The number of aromatic hydroxyl groups is 1. The standard InChI is InChI=1S/C11H8N2O2.Na.H/c14-9-3-1-8(2-4-9)11(15)10-7-12-5-6-13-10;;/h1-7,14H;;. The van der Waals surface area contributed by atoms with E-state index in [9.17, 15) is 4.79 Å². The van der Waals surface area contributed by atoms with Crippen molar-refractivity contribution >= 4 is 35.3 Å². The predicted octanol–water partition coefficient (Wildman–Crippen LogP) is 0.765. The molecule has 0 saturated carbocycles. The zero-order valence-electron chi connectivity index (χ0n) is 7.79. The summed E-state index contributed by atoms with van der Waals surface area (Å²) in [5.41, 5.74) is 0.775. The Balaban J connectivity index is 0.00000128. The van der Waals surface area contributed by atoms with Crippen LogP contribution < -0.4 is 0 Å². The first-order valence-corrected chi connectivity index (χ1v) is 4.37. The second kappa shape index (κ2) is 5.75. The van der Waals surface area contributed by atoms with E-state index in [1.807, 2.05) is 0 Å². The van der Waals surface area contributed by atoms with Crippen LogP contribution in [-0.4, -0.2) is 50.4 Å². The van der Waals surface area contributed by atoms with Crippen molar-refractivity contribution < 1.29 is 9.90 Å². The van der Waals surface area contributed by atoms with Crippen molar-refractivity contribution in [3.8, 4) is 5.75 Å². The topological polar surface area (TPSA) is 63.1 Å². The third kappa shape index (κ3) is 2.88. The molecule has 0 bridgehead atoms. The van der Waals surface area contributed by atoms with Gasteiger partial charge in [-0.05, 0) is 24.3 Å². The van der Waals surface area contributed by atoms with Crippen LogP contribution in [0, 0.1) is 0 Å². The van der Waals surface area contributed by atoms with Gasteiger partial charge in [0.05, 0.1) is 6.20 Å². The summed E-state index contributed by atoms with van der Waals surface area (Å²) in [6, 6.07) is 6.02. The van der Waals surface area contributed by atoms with Gasteiger partial charge in [0.2, 0.25) is 5.78 Å². The summed E-state index contributed by atoms with van der Waals surface area (Å²) in [5, 5.41) is 9.07. The van der Waals surface area contributed by atoms with Gasteiger partial charge in [-0.1, -0.05) is 0 Å². The van der Waals surface area contributed by atoms with Crippen LogP contribution in [0.25, 0.3) is 0 Å². The van der Waals surface area contributed by atoms with Gasteiger partial charge >= 0.3 is 29.6 Å². The van der Waals surface area contributed by atoms with Crippen LogP contribution in [0.2, 0.25) is 0 Å². The van der Waals surface area contributed by atoms with E-state index >= 15 is 0 Å². The van der Waals surface area contributed by atoms with E-state index in [1.54, 1.807) is 12.1 Å². The van der Waals surface area contributed by atoms with Crippen molar-refractivity contribution in [1.29, 1.82) is 0 Å². The van der Waals surface area contributed by atoms with Crippen molar-refractivity contribution in [2.24, 2.45) is 0 Å². The Bertz CT molecular complexity index is 471. The monoisotopic (exact) mass is 224 g/mol. The maximum absolute atomic E-state index is 11.8. The molecule has 0 fully saturated rings. The van der Waals surface area contributed by atoms with E-state index < -0.39 is 0 Å². The molecular formula is C11H9N2NaO2. The van der Waals surface area contributed by atoms with Gasteiger partial charge < -0.3 is 5.11 Å². The summed E-state index contributed by atoms with van der Waals surface area (Å²) in [7, 11) is 0. The summed E-state index contributed by atoms with van der Waals surface area (Å²) in [5.74, 6) is -0.0752. The average molecular weight is 224 g/mol. The van der Waals surface area contributed by atoms with Crippen molar-refractivity contribution in [1.82, 2.24) is 9.97 Å². The minimum atomic E-state index is -0.205. The zero-order valence-corrected chi connectivity index (χ0v) is 7.79. The molecule has 0 aliphatic carbocycles. The molecule has 1 aromatic carbocycles. The van der Waals surface area contributed by atoms with Crippen LogP contribution in [0.3, 0.4) is 0 Å². The quantitative estimate of drug-likeness (QED) is 0.604. The molecule has 2 aromatic rings. The maximum atomic E-state index is 11.8. The summed E-state index contributed by atoms with van der Waals surface area (Å²) in [6.07, 6.45) is 4.39. The minimum absolute atomic E-state index is 0. The number of carbonyl (C=O) groups is 1. The number of nitrogens with zero attached hydrogens (tertiary/aromatic N) is 2. The fraction of sp³-hybridized carbons (Fsp3) is 0. The van der Waals surface area contributed by atoms with Crippen molar-refractivity contribution in [2.45, 2.75) is 0 Å². The third-order valence-corrected chi connectivity index (χ3v) is 1.93. The zero-order chi connectivity index (χ0) is 10.7. The first-order valence-electron chi connectivity index (χ1n) is 4.37. The number of benzene rings is 1. The molecule has 0 atom stereocenters. The Morgan fingerprint density at radius 1 is 1.12 bits per heavy atom. The van der Waals surface area contributed by atoms with Crippen LogP contribution in [0.1, 0.15) is 16.1 Å². The number of rotatable bonds is 2. The molecule has 5 heteroatoms. The Hall–Kier alpha value is -1.23. The molecule has 2 rings (SSSR count). The molecule has 0 saturated heterocycles. The Morgan fingerprint density at radius 2 is 1.81 bits per heavy atom. The molecule has 0 radical (unpaired) electrons. The van der Waals surface area contributed by atoms with Crippen LogP contribution in [0.5, 0.6) is 5.75 Å². The van der Waals surface area contributed by atoms with Gasteiger partial charge in [0.1, 0.15) is 11.4 Å². The number of phenolic OH excluding ortho intramolecular Hbond substituents is 1. The average Bonchev–Trinajstić information content (AvgIpc) is 2.30. The van der Waals surface area contributed by atoms with Gasteiger partial charge in [-0.3, -0.25) is 9.78 Å². The van der Waals surface area contributed by atoms with Gasteiger partial charge in [0.15, 0.2) is 0 Å². The van der Waals surface area contributed by atoms with Crippen molar-refractivity contribution in [3.63, 3.8) is 0 Å². The first-order chi connectivity index (χ1) is 7.27. The van der Waals surface area contributed by atoms with Gasteiger partial charge in [-0.25, -0.2) is 4.98 Å². The summed E-state index contributed by atoms with van der Waals surface area (Å²) >= 11 is 0. The number of carbonyl (C=O) groups excluding carboxylic acids is 1. The summed E-state index contributed by atoms with van der Waals surface area (Å²) < 4.78 is 0. The number of aromatic nitrogens is 2. The molecule has 16 heavy (non-hydrogen) atoms. The fourth-order valence-corrected chi connectivity index (χ4v) is 1.18. The van der Waals surface area contributed by atoms with Crippen molar-refractivity contribution in [3.05, 3.63) is 54.1 Å². The molecule has 0 unspecified atom stereocenters. The number of ketones is 1. The Morgan fingerprint density at radius 3 is 2.38 bits per heavy atom. The molecular weight excluding hydrogens is 215 g/mol. The van der Waals surface area contributed by atoms with E-state index in [0.29, 0.717) is 11.3 Å². The molecule has 1 aromatic heterocycles. The second-order valence-corrected chi connectivity index (χ2v) is 2.97. The number of phenols is 1. The van der Waals surface area contributed by atoms with Gasteiger partial charge in [0, 0.05) is 18.0 Å². The number of hydrogen-bond acceptors (Lipinski definition) is 4. The van der Waals surface area contributed by atoms with Crippen molar-refractivity contribution in [2.75, 3.05) is 0 Å². The first kappa shape index (κ1) is 12.8. The molecule has 0 aliphatic rings. The van der Waals surface area contributed by atoms with E-state index in [-0.39, 0.29) is 41.1 Å². The van der Waals surface area contributed by atoms with Gasteiger partial charge in [-0.15, -0.1) is 0 Å². The second-order valence-electron chi connectivity index (χ2n) is 2.97. The summed E-state index contributed by atoms with van der Waals surface area (Å²) in [4.78, 5) is 19.5. The van der Waals surface area contributed by atoms with Crippen LogP contribution in [0.4, 0.5) is 0 Å². The molecule has 0 spiro atoms. The van der Waals surface area contributed by atoms with Gasteiger partial charge in [0.25, 0.3) is 0 Å². The van der Waals surface area contributed by atoms with E-state index in [0.717, 1.165) is 0 Å². The third-order valence-electron chi connectivity index (χ3n) is 1.93. The molecule has 1 N–H and O–H groups in total. The van der Waals surface area contributed by atoms with Gasteiger partial charge in [-0.2, -0.15) is 0 Å². The molecule has 1 heterocycles. The van der Waals surface area contributed by atoms with E-state index in [1.165, 1.54) is 30.7 Å². The SMILES string of the molecule is O=C(c1ccc(O)cc1)c1cnccn1.[NaH]. The Kier molecular flexibility index (Phi) is 4.61. The van der Waals surface area contributed by atoms with E-state index in [2.05, 4.69) is 9.97 Å². The fourth-order valence-electron chi connectivity index (χ4n) is 1.18. The predicted molar refractivity (Wildman–Crippen MR) is 60.7 cm³/mol. The molecule has 0 amide bonds. The van der Waals surface area contributed by atoms with Crippen LogP contribution in [-0.2, 0) is 0 Å². The summed E-state index contributed by atoms with van der Waals surface area (Å²) in [6.45, 7) is 0. The molecule has 4 nitrogen and oxygen atoms in total. The van der Waals surface area contributed by atoms with E-state index in [4.69, 9.17) is 5.11 Å². The van der Waals surface area contributed by atoms with Crippen LogP contribution in [0.15, 0.2) is 42.9 Å². The molecule has 76 valence electrons. The molecule has 0 aliphatic heterocycles. The normalized spacial score (nSPS) is 9.25. The Labute approximate surface area is 115 Å². The number of hydrogen-bond donors (Lipinski definition) is 1.